The number of hydrogen-bond donors (Lipinski definition) is 3. The van der Waals surface area contributed by atoms with E-state index in [0.717, 1.165) is 29.5 Å². The Bertz CT molecular complexity index is 1240. The fourth-order valence-electron chi connectivity index (χ4n) is 3.71. The Kier molecular flexibility index (Phi) is 8.01. The number of methoxy groups -OCH3 is 1. The maximum absolute atomic E-state index is 12.3. The maximum atomic E-state index is 12.3. The van der Waals surface area contributed by atoms with E-state index >= 15 is 0 Å². The highest BCUT2D eigenvalue weighted by molar-refractivity contribution is 6.07. The first-order valence-corrected chi connectivity index (χ1v) is 10.4. The minimum atomic E-state index is -0.607. The van der Waals surface area contributed by atoms with E-state index in [4.69, 9.17) is 14.8 Å². The number of rotatable bonds is 7. The van der Waals surface area contributed by atoms with Gasteiger partial charge >= 0.3 is 0 Å². The molecule has 0 saturated heterocycles. The lowest BCUT2D eigenvalue weighted by Crippen LogP contribution is -2.19. The molecule has 0 aliphatic carbocycles. The monoisotopic (exact) mass is 464 g/mol. The van der Waals surface area contributed by atoms with Crippen molar-refractivity contribution in [3.63, 3.8) is 0 Å². The van der Waals surface area contributed by atoms with Crippen LogP contribution in [0.1, 0.15) is 22.3 Å². The number of benzene rings is 3. The van der Waals surface area contributed by atoms with Crippen LogP contribution in [0.2, 0.25) is 0 Å². The number of carbonyl (C=O) groups is 1. The molecule has 0 fully saturated rings. The highest BCUT2D eigenvalue weighted by Gasteiger charge is 2.14. The van der Waals surface area contributed by atoms with Crippen LogP contribution in [0.5, 0.6) is 5.75 Å². The quantitative estimate of drug-likeness (QED) is 0.263. The minimum Gasteiger partial charge on any atom is -0.497 e. The molecule has 1 aromatic heterocycles. The van der Waals surface area contributed by atoms with Crippen molar-refractivity contribution in [2.45, 2.75) is 12.8 Å². The summed E-state index contributed by atoms with van der Waals surface area (Å²) >= 11 is 0. The smallest absolute Gasteiger partial charge is 0.275 e. The molecule has 170 valence electrons. The molecule has 3 N–H and O–H groups in total. The molecule has 1 amide bonds. The summed E-state index contributed by atoms with van der Waals surface area (Å²) < 4.78 is 5.25. The van der Waals surface area contributed by atoms with Crippen LogP contribution in [0.25, 0.3) is 33.3 Å². The van der Waals surface area contributed by atoms with Gasteiger partial charge < -0.3 is 9.84 Å². The molecule has 0 aliphatic rings. The Hall–Kier alpha value is -3.45. The van der Waals surface area contributed by atoms with Crippen LogP contribution in [0, 0.1) is 0 Å². The second kappa shape index (κ2) is 10.9. The van der Waals surface area contributed by atoms with E-state index in [1.54, 1.807) is 36.9 Å². The summed E-state index contributed by atoms with van der Waals surface area (Å²) in [5.74, 6) is -0.00409. The molecule has 3 aromatic carbocycles. The van der Waals surface area contributed by atoms with Crippen molar-refractivity contribution in [2.24, 2.45) is 0 Å². The fraction of sp³-hybridized carbons (Fsp3) is 0.154. The summed E-state index contributed by atoms with van der Waals surface area (Å²) in [5.41, 5.74) is 7.52. The highest BCUT2D eigenvalue weighted by atomic mass is 35.5. The molecule has 6 nitrogen and oxygen atoms in total. The van der Waals surface area contributed by atoms with Crippen LogP contribution in [-0.2, 0) is 6.42 Å². The Morgan fingerprint density at radius 3 is 2.18 bits per heavy atom. The van der Waals surface area contributed by atoms with E-state index in [9.17, 15) is 10.0 Å². The number of nitrogens with one attached hydrogen (secondary N) is 1. The lowest BCUT2D eigenvalue weighted by molar-refractivity contribution is 0.0708. The van der Waals surface area contributed by atoms with Crippen LogP contribution < -0.4 is 10.2 Å². The first-order chi connectivity index (χ1) is 15.6. The highest BCUT2D eigenvalue weighted by Crippen LogP contribution is 2.29. The number of hydrogen-bond acceptors (Lipinski definition) is 5. The first-order valence-electron chi connectivity index (χ1n) is 10.4. The Morgan fingerprint density at radius 1 is 0.939 bits per heavy atom. The van der Waals surface area contributed by atoms with E-state index in [1.165, 1.54) is 5.56 Å². The number of aryl methyl sites for hydroxylation is 1. The normalized spacial score (nSPS) is 10.5. The molecule has 4 rings (SSSR count). The molecule has 0 unspecified atom stereocenters. The maximum Gasteiger partial charge on any atom is 0.275 e. The zero-order valence-corrected chi connectivity index (χ0v) is 18.9. The van der Waals surface area contributed by atoms with Crippen molar-refractivity contribution >= 4 is 29.2 Å². The van der Waals surface area contributed by atoms with Gasteiger partial charge in [0.2, 0.25) is 0 Å². The summed E-state index contributed by atoms with van der Waals surface area (Å²) in [6.07, 6.45) is 1.62. The molecular formula is C26H25ClN2O4. The molecule has 0 radical (unpaired) electrons. The summed E-state index contributed by atoms with van der Waals surface area (Å²) in [6, 6.07) is 23.2. The van der Waals surface area contributed by atoms with Gasteiger partial charge in [-0.05, 0) is 53.8 Å². The molecule has 4 aromatic rings. The van der Waals surface area contributed by atoms with Gasteiger partial charge in [-0.3, -0.25) is 10.0 Å². The number of amides is 1. The van der Waals surface area contributed by atoms with Gasteiger partial charge in [0.1, 0.15) is 5.75 Å². The van der Waals surface area contributed by atoms with Crippen molar-refractivity contribution in [2.75, 3.05) is 13.7 Å². The molecule has 0 saturated carbocycles. The summed E-state index contributed by atoms with van der Waals surface area (Å²) in [7, 11) is 1.55. The number of aliphatic hydroxyl groups is 1. The number of aromatic nitrogens is 1. The van der Waals surface area contributed by atoms with Gasteiger partial charge in [0.15, 0.2) is 0 Å². The van der Waals surface area contributed by atoms with E-state index in [-0.39, 0.29) is 19.0 Å². The first kappa shape index (κ1) is 24.2. The Morgan fingerprint density at radius 2 is 1.58 bits per heavy atom. The van der Waals surface area contributed by atoms with Crippen molar-refractivity contribution < 1.29 is 19.8 Å². The molecule has 33 heavy (non-hydrogen) atoms. The number of nitrogens with zero attached hydrogens (tertiary/aromatic N) is 1. The average molecular weight is 465 g/mol. The standard InChI is InChI=1S/C26H24N2O4.ClH/c1-32-21-12-13-24-22(15-21)23(26(30)28-31)16-25(27-24)20-10-8-19(9-11-20)18-6-4-17(5-7-18)3-2-14-29;/h4-13,15-16,29,31H,2-3,14H2,1H3,(H,28,30);1H. The van der Waals surface area contributed by atoms with Crippen molar-refractivity contribution in [3.05, 3.63) is 83.9 Å². The van der Waals surface area contributed by atoms with Crippen LogP contribution >= 0.6 is 12.4 Å². The third-order valence-electron chi connectivity index (χ3n) is 5.45. The van der Waals surface area contributed by atoms with Gasteiger partial charge in [-0.25, -0.2) is 10.5 Å². The van der Waals surface area contributed by atoms with E-state index in [2.05, 4.69) is 24.3 Å². The number of pyridine rings is 1. The van der Waals surface area contributed by atoms with Crippen LogP contribution in [0.3, 0.4) is 0 Å². The third-order valence-corrected chi connectivity index (χ3v) is 5.45. The minimum absolute atomic E-state index is 0. The predicted molar refractivity (Wildman–Crippen MR) is 131 cm³/mol. The van der Waals surface area contributed by atoms with Gasteiger partial charge in [0, 0.05) is 17.6 Å². The Balaban J connectivity index is 0.00000306. The number of aliphatic hydroxyl groups excluding tert-OH is 1. The Labute approximate surface area is 198 Å². The third kappa shape index (κ3) is 5.31. The van der Waals surface area contributed by atoms with Gasteiger partial charge in [0.25, 0.3) is 5.91 Å². The summed E-state index contributed by atoms with van der Waals surface area (Å²) in [6.45, 7) is 0.196. The number of ether oxygens (including phenoxy) is 1. The topological polar surface area (TPSA) is 91.7 Å². The fourth-order valence-corrected chi connectivity index (χ4v) is 3.71. The molecular weight excluding hydrogens is 440 g/mol. The number of fused-ring (bicyclic) bond motifs is 1. The van der Waals surface area contributed by atoms with Gasteiger partial charge in [0.05, 0.1) is 23.9 Å². The molecule has 0 bridgehead atoms. The lowest BCUT2D eigenvalue weighted by Gasteiger charge is -2.11. The van der Waals surface area contributed by atoms with E-state index < -0.39 is 5.91 Å². The number of halogens is 1. The van der Waals surface area contributed by atoms with Crippen LogP contribution in [-0.4, -0.2) is 34.9 Å². The van der Waals surface area contributed by atoms with Gasteiger partial charge in [-0.1, -0.05) is 48.5 Å². The van der Waals surface area contributed by atoms with E-state index in [1.807, 2.05) is 24.3 Å². The van der Waals surface area contributed by atoms with Gasteiger partial charge in [-0.2, -0.15) is 0 Å². The zero-order chi connectivity index (χ0) is 22.5. The summed E-state index contributed by atoms with van der Waals surface area (Å²) in [4.78, 5) is 17.0. The molecule has 7 heteroatoms. The lowest BCUT2D eigenvalue weighted by atomic mass is 9.99. The largest absolute Gasteiger partial charge is 0.497 e. The molecule has 0 spiro atoms. The molecule has 0 atom stereocenters. The van der Waals surface area contributed by atoms with Gasteiger partial charge in [-0.15, -0.1) is 12.4 Å². The molecule has 0 aliphatic heterocycles. The zero-order valence-electron chi connectivity index (χ0n) is 18.1. The summed E-state index contributed by atoms with van der Waals surface area (Å²) in [5, 5.41) is 18.8. The average Bonchev–Trinajstić information content (AvgIpc) is 2.86. The molecule has 1 heterocycles. The van der Waals surface area contributed by atoms with Crippen molar-refractivity contribution in [1.82, 2.24) is 10.5 Å². The van der Waals surface area contributed by atoms with Crippen LogP contribution in [0.4, 0.5) is 0 Å². The second-order valence-electron chi connectivity index (χ2n) is 7.48. The van der Waals surface area contributed by atoms with Crippen LogP contribution in [0.15, 0.2) is 72.8 Å². The van der Waals surface area contributed by atoms with Crippen molar-refractivity contribution in [1.29, 1.82) is 0 Å². The predicted octanol–water partition coefficient (Wildman–Crippen LogP) is 5.04. The SMILES string of the molecule is COc1ccc2nc(-c3ccc(-c4ccc(CCCO)cc4)cc3)cc(C(=O)NO)c2c1.Cl. The van der Waals surface area contributed by atoms with Crippen molar-refractivity contribution in [3.8, 4) is 28.1 Å². The van der Waals surface area contributed by atoms with E-state index in [0.29, 0.717) is 27.9 Å². The number of carbonyl (C=O) groups excluding carboxylic acids is 1. The second-order valence-corrected chi connectivity index (χ2v) is 7.48. The number of hydroxylamine groups is 1.